The number of benzene rings is 1. The Hall–Kier alpha value is -2.91. The monoisotopic (exact) mass is 464 g/mol. The molecule has 3 aliphatic heterocycles. The standard InChI is InChI=1S/C25H30BFN4O3/c1-16(17-6-8-19(27)9-7-17)31-15-20(13-29-31)30-14-18(12-21-22(30)10-11-28-23(21)32)26-33-24(2,3)25(4,5)34-26/h6-9,12-13,15-16H,10-11,14H2,1-5H3,(H,28,32). The first-order valence-electron chi connectivity index (χ1n) is 11.7. The molecule has 1 atom stereocenters. The molecule has 1 fully saturated rings. The molecular weight excluding hydrogens is 434 g/mol. The fraction of sp³-hybridized carbons (Fsp3) is 0.440. The summed E-state index contributed by atoms with van der Waals surface area (Å²) in [5.41, 5.74) is 3.42. The molecule has 0 radical (unpaired) electrons. The Morgan fingerprint density at radius 1 is 1.15 bits per heavy atom. The molecular formula is C25H30BFN4O3. The highest BCUT2D eigenvalue weighted by atomic mass is 19.1. The molecule has 5 rings (SSSR count). The molecule has 178 valence electrons. The van der Waals surface area contributed by atoms with Gasteiger partial charge in [-0.25, -0.2) is 4.39 Å². The Bertz CT molecular complexity index is 1170. The first-order valence-corrected chi connectivity index (χ1v) is 11.7. The molecule has 1 N–H and O–H groups in total. The number of hydrogen-bond donors (Lipinski definition) is 1. The first kappa shape index (κ1) is 22.9. The van der Waals surface area contributed by atoms with Gasteiger partial charge in [-0.2, -0.15) is 5.10 Å². The summed E-state index contributed by atoms with van der Waals surface area (Å²) in [5.74, 6) is -0.352. The zero-order valence-corrected chi connectivity index (χ0v) is 20.3. The van der Waals surface area contributed by atoms with E-state index in [1.54, 1.807) is 12.1 Å². The third-order valence-corrected chi connectivity index (χ3v) is 7.40. The molecule has 0 spiro atoms. The second-order valence-electron chi connectivity index (χ2n) is 10.2. The van der Waals surface area contributed by atoms with Crippen LogP contribution in [0, 0.1) is 5.82 Å². The van der Waals surface area contributed by atoms with Crippen LogP contribution in [0.3, 0.4) is 0 Å². The van der Waals surface area contributed by atoms with Gasteiger partial charge in [-0.15, -0.1) is 0 Å². The van der Waals surface area contributed by atoms with Crippen molar-refractivity contribution in [3.63, 3.8) is 0 Å². The second kappa shape index (κ2) is 8.10. The van der Waals surface area contributed by atoms with E-state index < -0.39 is 18.3 Å². The summed E-state index contributed by atoms with van der Waals surface area (Å²) < 4.78 is 27.8. The van der Waals surface area contributed by atoms with Gasteiger partial charge in [0.1, 0.15) is 5.82 Å². The van der Waals surface area contributed by atoms with Crippen molar-refractivity contribution in [2.75, 3.05) is 18.0 Å². The van der Waals surface area contributed by atoms with Crippen molar-refractivity contribution in [3.05, 3.63) is 70.9 Å². The Labute approximate surface area is 199 Å². The van der Waals surface area contributed by atoms with Crippen LogP contribution in [-0.4, -0.2) is 47.1 Å². The van der Waals surface area contributed by atoms with E-state index in [-0.39, 0.29) is 17.8 Å². The van der Waals surface area contributed by atoms with Gasteiger partial charge in [-0.3, -0.25) is 9.48 Å². The summed E-state index contributed by atoms with van der Waals surface area (Å²) in [6.07, 6.45) is 6.43. The lowest BCUT2D eigenvalue weighted by Crippen LogP contribution is -2.42. The lowest BCUT2D eigenvalue weighted by molar-refractivity contribution is -0.117. The maximum absolute atomic E-state index is 13.4. The highest BCUT2D eigenvalue weighted by Gasteiger charge is 2.53. The molecule has 7 nitrogen and oxygen atoms in total. The normalized spacial score (nSPS) is 22.4. The quantitative estimate of drug-likeness (QED) is 0.698. The number of halogens is 1. The SMILES string of the molecule is CC(c1ccc(F)cc1)n1cc(N2CC(B3OC(C)(C)C(C)(C)O3)=CC3=C2CCNC3=O)cn1. The minimum atomic E-state index is -0.538. The van der Waals surface area contributed by atoms with Crippen LogP contribution in [0.25, 0.3) is 0 Å². The highest BCUT2D eigenvalue weighted by Crippen LogP contribution is 2.41. The van der Waals surface area contributed by atoms with E-state index >= 15 is 0 Å². The Kier molecular flexibility index (Phi) is 5.44. The second-order valence-corrected chi connectivity index (χ2v) is 10.2. The number of rotatable bonds is 4. The van der Waals surface area contributed by atoms with Gasteiger partial charge in [-0.05, 0) is 57.8 Å². The zero-order valence-electron chi connectivity index (χ0n) is 20.3. The maximum atomic E-state index is 13.4. The van der Waals surface area contributed by atoms with Crippen molar-refractivity contribution >= 4 is 18.7 Å². The van der Waals surface area contributed by atoms with E-state index in [2.05, 4.69) is 15.3 Å². The first-order chi connectivity index (χ1) is 16.1. The number of amides is 1. The Balaban J connectivity index is 1.47. The van der Waals surface area contributed by atoms with E-state index in [4.69, 9.17) is 9.31 Å². The average Bonchev–Trinajstić information content (AvgIpc) is 3.36. The molecule has 0 aliphatic carbocycles. The maximum Gasteiger partial charge on any atom is 0.492 e. The van der Waals surface area contributed by atoms with Gasteiger partial charge in [0.15, 0.2) is 0 Å². The van der Waals surface area contributed by atoms with Gasteiger partial charge in [0.05, 0.1) is 34.7 Å². The molecule has 1 unspecified atom stereocenters. The smallest absolute Gasteiger partial charge is 0.400 e. The fourth-order valence-electron chi connectivity index (χ4n) is 4.55. The van der Waals surface area contributed by atoms with Crippen molar-refractivity contribution < 1.29 is 18.5 Å². The lowest BCUT2D eigenvalue weighted by atomic mass is 9.74. The van der Waals surface area contributed by atoms with Gasteiger partial charge >= 0.3 is 7.12 Å². The molecule has 1 amide bonds. The zero-order chi connectivity index (χ0) is 24.3. The number of aromatic nitrogens is 2. The molecule has 2 aromatic rings. The van der Waals surface area contributed by atoms with Gasteiger partial charge in [-0.1, -0.05) is 18.2 Å². The van der Waals surface area contributed by atoms with Crippen molar-refractivity contribution in [1.29, 1.82) is 0 Å². The van der Waals surface area contributed by atoms with Crippen molar-refractivity contribution in [2.24, 2.45) is 0 Å². The van der Waals surface area contributed by atoms with Crippen molar-refractivity contribution in [3.8, 4) is 0 Å². The largest absolute Gasteiger partial charge is 0.492 e. The fourth-order valence-corrected chi connectivity index (χ4v) is 4.55. The lowest BCUT2D eigenvalue weighted by Gasteiger charge is -2.35. The molecule has 3 aliphatic rings. The van der Waals surface area contributed by atoms with Gasteiger partial charge < -0.3 is 19.5 Å². The molecule has 34 heavy (non-hydrogen) atoms. The number of carbonyl (C=O) groups is 1. The number of nitrogens with one attached hydrogen (secondary N) is 1. The molecule has 1 aromatic heterocycles. The minimum Gasteiger partial charge on any atom is -0.400 e. The van der Waals surface area contributed by atoms with Crippen molar-refractivity contribution in [1.82, 2.24) is 15.1 Å². The van der Waals surface area contributed by atoms with E-state index in [1.807, 2.05) is 57.8 Å². The van der Waals surface area contributed by atoms with Crippen LogP contribution in [0.1, 0.15) is 52.6 Å². The summed E-state index contributed by atoms with van der Waals surface area (Å²) in [6.45, 7) is 11.2. The van der Waals surface area contributed by atoms with Crippen LogP contribution in [-0.2, 0) is 14.1 Å². The van der Waals surface area contributed by atoms with E-state index in [9.17, 15) is 9.18 Å². The van der Waals surface area contributed by atoms with Gasteiger partial charge in [0.25, 0.3) is 5.91 Å². The molecule has 4 heterocycles. The van der Waals surface area contributed by atoms with E-state index in [0.717, 1.165) is 28.8 Å². The topological polar surface area (TPSA) is 68.6 Å². The summed E-state index contributed by atoms with van der Waals surface area (Å²) in [6, 6.07) is 6.39. The highest BCUT2D eigenvalue weighted by molar-refractivity contribution is 6.55. The molecule has 0 saturated carbocycles. The number of hydrogen-bond acceptors (Lipinski definition) is 5. The predicted molar refractivity (Wildman–Crippen MR) is 129 cm³/mol. The summed E-state index contributed by atoms with van der Waals surface area (Å²) >= 11 is 0. The van der Waals surface area contributed by atoms with Crippen LogP contribution < -0.4 is 10.2 Å². The third kappa shape index (κ3) is 3.86. The van der Waals surface area contributed by atoms with Gasteiger partial charge in [0, 0.05) is 31.4 Å². The third-order valence-electron chi connectivity index (χ3n) is 7.40. The Morgan fingerprint density at radius 2 is 1.82 bits per heavy atom. The van der Waals surface area contributed by atoms with Crippen LogP contribution >= 0.6 is 0 Å². The van der Waals surface area contributed by atoms with E-state index in [0.29, 0.717) is 18.7 Å². The van der Waals surface area contributed by atoms with Crippen LogP contribution in [0.15, 0.2) is 59.5 Å². The van der Waals surface area contributed by atoms with Crippen LogP contribution in [0.2, 0.25) is 0 Å². The summed E-state index contributed by atoms with van der Waals surface area (Å²) in [7, 11) is -0.538. The Morgan fingerprint density at radius 3 is 2.50 bits per heavy atom. The number of carbonyl (C=O) groups excluding carboxylic acids is 1. The van der Waals surface area contributed by atoms with Crippen LogP contribution in [0.4, 0.5) is 10.1 Å². The number of anilines is 1. The van der Waals surface area contributed by atoms with Gasteiger partial charge in [0.2, 0.25) is 0 Å². The predicted octanol–water partition coefficient (Wildman–Crippen LogP) is 3.78. The van der Waals surface area contributed by atoms with Crippen molar-refractivity contribution in [2.45, 2.75) is 58.3 Å². The molecule has 1 saturated heterocycles. The average molecular weight is 464 g/mol. The molecule has 0 bridgehead atoms. The summed E-state index contributed by atoms with van der Waals surface area (Å²) in [4.78, 5) is 14.9. The van der Waals surface area contributed by atoms with E-state index in [1.165, 1.54) is 12.1 Å². The summed E-state index contributed by atoms with van der Waals surface area (Å²) in [5, 5.41) is 7.54. The minimum absolute atomic E-state index is 0.0691. The van der Waals surface area contributed by atoms with Crippen LogP contribution in [0.5, 0.6) is 0 Å². The molecule has 1 aromatic carbocycles. The molecule has 9 heteroatoms. The number of nitrogens with zero attached hydrogens (tertiary/aromatic N) is 3.